The zero-order valence-corrected chi connectivity index (χ0v) is 24.2. The lowest BCUT2D eigenvalue weighted by atomic mass is 10.1. The minimum atomic E-state index is -0.327. The lowest BCUT2D eigenvalue weighted by molar-refractivity contribution is 0.331. The standard InChI is InChI=1S/C32H33FN10/c1-42(2)10-7-36-24-13-21(12-23(33)14-24)25-17-35-18-28-29(25)39-32(38-28)31-30-27(40-41-31)6-5-26(37-30)22-11-20(15-34-16-22)19-43-8-3-4-9-43/h5-6,11-18,36H,3-4,7-10,19H2,1-2H3,(H,38,39)(H,40,41). The van der Waals surface area contributed by atoms with Crippen molar-refractivity contribution in [2.45, 2.75) is 19.4 Å². The summed E-state index contributed by atoms with van der Waals surface area (Å²) < 4.78 is 14.7. The quantitative estimate of drug-likeness (QED) is 0.212. The van der Waals surface area contributed by atoms with Crippen LogP contribution >= 0.6 is 0 Å². The molecule has 7 rings (SSSR count). The number of halogens is 1. The van der Waals surface area contributed by atoms with Crippen LogP contribution in [-0.4, -0.2) is 85.2 Å². The van der Waals surface area contributed by atoms with E-state index in [9.17, 15) is 4.39 Å². The van der Waals surface area contributed by atoms with Gasteiger partial charge in [-0.05, 0) is 87.6 Å². The summed E-state index contributed by atoms with van der Waals surface area (Å²) in [5, 5.41) is 11.0. The van der Waals surface area contributed by atoms with E-state index in [4.69, 9.17) is 9.97 Å². The minimum absolute atomic E-state index is 0.327. The van der Waals surface area contributed by atoms with Gasteiger partial charge in [0.15, 0.2) is 11.5 Å². The number of benzene rings is 1. The Morgan fingerprint density at radius 3 is 2.63 bits per heavy atom. The second-order valence-electron chi connectivity index (χ2n) is 11.4. The topological polar surface area (TPSA) is 115 Å². The van der Waals surface area contributed by atoms with Crippen molar-refractivity contribution in [1.29, 1.82) is 0 Å². The number of likely N-dealkylation sites (N-methyl/N-ethyl adjacent to an activating group) is 1. The maximum absolute atomic E-state index is 14.7. The van der Waals surface area contributed by atoms with Crippen LogP contribution in [0.3, 0.4) is 0 Å². The highest BCUT2D eigenvalue weighted by atomic mass is 19.1. The molecule has 43 heavy (non-hydrogen) atoms. The van der Waals surface area contributed by atoms with Gasteiger partial charge in [-0.2, -0.15) is 5.10 Å². The van der Waals surface area contributed by atoms with Gasteiger partial charge < -0.3 is 15.2 Å². The van der Waals surface area contributed by atoms with Gasteiger partial charge in [-0.1, -0.05) is 0 Å². The van der Waals surface area contributed by atoms with Crippen molar-refractivity contribution in [1.82, 2.24) is 44.9 Å². The van der Waals surface area contributed by atoms with Crippen molar-refractivity contribution >= 4 is 27.8 Å². The van der Waals surface area contributed by atoms with Crippen molar-refractivity contribution in [3.8, 4) is 33.9 Å². The lowest BCUT2D eigenvalue weighted by Gasteiger charge is -2.14. The highest BCUT2D eigenvalue weighted by molar-refractivity contribution is 5.96. The van der Waals surface area contributed by atoms with Crippen molar-refractivity contribution < 1.29 is 4.39 Å². The Bertz CT molecular complexity index is 1900. The van der Waals surface area contributed by atoms with E-state index in [-0.39, 0.29) is 5.82 Å². The normalized spacial score (nSPS) is 14.0. The van der Waals surface area contributed by atoms with Crippen LogP contribution in [0, 0.1) is 5.82 Å². The first-order chi connectivity index (χ1) is 21.0. The monoisotopic (exact) mass is 576 g/mol. The summed E-state index contributed by atoms with van der Waals surface area (Å²) in [5.41, 5.74) is 8.60. The highest BCUT2D eigenvalue weighted by Gasteiger charge is 2.18. The van der Waals surface area contributed by atoms with E-state index in [1.165, 1.54) is 30.5 Å². The number of imidazole rings is 1. The van der Waals surface area contributed by atoms with E-state index >= 15 is 0 Å². The molecule has 0 spiro atoms. The van der Waals surface area contributed by atoms with Gasteiger partial charge in [-0.15, -0.1) is 0 Å². The third kappa shape index (κ3) is 5.69. The molecule has 11 heteroatoms. The molecule has 3 N–H and O–H groups in total. The molecule has 1 aliphatic rings. The fraction of sp³-hybridized carbons (Fsp3) is 0.281. The molecule has 1 aromatic carbocycles. The zero-order chi connectivity index (χ0) is 29.3. The maximum atomic E-state index is 14.7. The molecule has 0 radical (unpaired) electrons. The number of fused-ring (bicyclic) bond motifs is 2. The van der Waals surface area contributed by atoms with Crippen LogP contribution in [0.4, 0.5) is 10.1 Å². The molecular weight excluding hydrogens is 543 g/mol. The predicted molar refractivity (Wildman–Crippen MR) is 167 cm³/mol. The molecule has 1 saturated heterocycles. The Kier molecular flexibility index (Phi) is 7.25. The molecule has 0 amide bonds. The van der Waals surface area contributed by atoms with Crippen LogP contribution in [-0.2, 0) is 6.54 Å². The summed E-state index contributed by atoms with van der Waals surface area (Å²) in [6, 6.07) is 11.1. The smallest absolute Gasteiger partial charge is 0.161 e. The molecule has 0 unspecified atom stereocenters. The molecule has 10 nitrogen and oxygen atoms in total. The van der Waals surface area contributed by atoms with E-state index in [0.717, 1.165) is 54.0 Å². The molecule has 1 aliphatic heterocycles. The Hall–Kier alpha value is -4.74. The number of rotatable bonds is 9. The van der Waals surface area contributed by atoms with Gasteiger partial charge in [0.25, 0.3) is 0 Å². The van der Waals surface area contributed by atoms with Crippen LogP contribution < -0.4 is 5.32 Å². The molecule has 6 heterocycles. The number of pyridine rings is 3. The van der Waals surface area contributed by atoms with Crippen LogP contribution in [0.1, 0.15) is 18.4 Å². The highest BCUT2D eigenvalue weighted by Crippen LogP contribution is 2.33. The number of nitrogens with zero attached hydrogens (tertiary/aromatic N) is 7. The van der Waals surface area contributed by atoms with E-state index in [2.05, 4.69) is 46.3 Å². The number of hydrogen-bond acceptors (Lipinski definition) is 8. The van der Waals surface area contributed by atoms with Crippen LogP contribution in [0.2, 0.25) is 0 Å². The Morgan fingerprint density at radius 2 is 1.77 bits per heavy atom. The van der Waals surface area contributed by atoms with Gasteiger partial charge in [-0.25, -0.2) is 14.4 Å². The van der Waals surface area contributed by atoms with Crippen LogP contribution in [0.25, 0.3) is 56.0 Å². The first-order valence-electron chi connectivity index (χ1n) is 14.6. The first kappa shape index (κ1) is 27.1. The van der Waals surface area contributed by atoms with E-state index in [1.54, 1.807) is 12.4 Å². The van der Waals surface area contributed by atoms with Crippen LogP contribution in [0.15, 0.2) is 61.2 Å². The third-order valence-electron chi connectivity index (χ3n) is 7.82. The Morgan fingerprint density at radius 1 is 0.907 bits per heavy atom. The van der Waals surface area contributed by atoms with E-state index in [0.29, 0.717) is 40.3 Å². The molecule has 6 aromatic rings. The second kappa shape index (κ2) is 11.5. The molecular formula is C32H33FN10. The van der Waals surface area contributed by atoms with Gasteiger partial charge in [-0.3, -0.25) is 20.0 Å². The number of nitrogens with one attached hydrogen (secondary N) is 3. The maximum Gasteiger partial charge on any atom is 0.161 e. The fourth-order valence-corrected chi connectivity index (χ4v) is 5.67. The predicted octanol–water partition coefficient (Wildman–Crippen LogP) is 5.33. The summed E-state index contributed by atoms with van der Waals surface area (Å²) in [7, 11) is 4.01. The molecule has 0 aliphatic carbocycles. The first-order valence-corrected chi connectivity index (χ1v) is 14.6. The van der Waals surface area contributed by atoms with Crippen molar-refractivity contribution in [3.63, 3.8) is 0 Å². The Labute approximate surface area is 248 Å². The van der Waals surface area contributed by atoms with Gasteiger partial charge in [0.05, 0.1) is 28.4 Å². The number of H-pyrrole nitrogens is 2. The van der Waals surface area contributed by atoms with Gasteiger partial charge in [0.1, 0.15) is 11.3 Å². The number of anilines is 1. The number of hydrogen-bond donors (Lipinski definition) is 3. The van der Waals surface area contributed by atoms with Crippen LogP contribution in [0.5, 0.6) is 0 Å². The number of likely N-dealkylation sites (tertiary alicyclic amines) is 1. The summed E-state index contributed by atoms with van der Waals surface area (Å²) >= 11 is 0. The summed E-state index contributed by atoms with van der Waals surface area (Å²) in [6.07, 6.45) is 9.73. The molecule has 0 bridgehead atoms. The molecule has 1 fully saturated rings. The molecule has 218 valence electrons. The van der Waals surface area contributed by atoms with E-state index in [1.807, 2.05) is 44.7 Å². The molecule has 0 saturated carbocycles. The van der Waals surface area contributed by atoms with E-state index < -0.39 is 0 Å². The average molecular weight is 577 g/mol. The van der Waals surface area contributed by atoms with Crippen molar-refractivity contribution in [2.75, 3.05) is 45.6 Å². The van der Waals surface area contributed by atoms with Gasteiger partial charge in [0.2, 0.25) is 0 Å². The summed E-state index contributed by atoms with van der Waals surface area (Å²) in [5.74, 6) is 0.230. The fourth-order valence-electron chi connectivity index (χ4n) is 5.67. The summed E-state index contributed by atoms with van der Waals surface area (Å²) in [4.78, 5) is 26.7. The second-order valence-corrected chi connectivity index (χ2v) is 11.4. The molecule has 5 aromatic heterocycles. The Balaban J connectivity index is 1.22. The van der Waals surface area contributed by atoms with Gasteiger partial charge >= 0.3 is 0 Å². The van der Waals surface area contributed by atoms with Crippen molar-refractivity contribution in [3.05, 3.63) is 72.6 Å². The SMILES string of the molecule is CN(C)CCNc1cc(F)cc(-c2cncc3[nH]c(-c4n[nH]c5ccc(-c6cncc(CN7CCCC7)c6)nc45)nc23)c1. The largest absolute Gasteiger partial charge is 0.384 e. The number of aromatic nitrogens is 7. The third-order valence-corrected chi connectivity index (χ3v) is 7.82. The summed E-state index contributed by atoms with van der Waals surface area (Å²) in [6.45, 7) is 4.70. The molecule has 0 atom stereocenters. The minimum Gasteiger partial charge on any atom is -0.384 e. The zero-order valence-electron chi connectivity index (χ0n) is 24.2. The number of aromatic amines is 2. The van der Waals surface area contributed by atoms with Gasteiger partial charge in [0, 0.05) is 55.0 Å². The average Bonchev–Trinajstić information content (AvgIpc) is 3.76. The van der Waals surface area contributed by atoms with Crippen molar-refractivity contribution in [2.24, 2.45) is 0 Å². The lowest BCUT2D eigenvalue weighted by Crippen LogP contribution is -2.20.